The summed E-state index contributed by atoms with van der Waals surface area (Å²) in [5.74, 6) is 1.68. The van der Waals surface area contributed by atoms with Crippen LogP contribution in [-0.2, 0) is 11.2 Å². The first-order valence-corrected chi connectivity index (χ1v) is 13.1. The van der Waals surface area contributed by atoms with Crippen LogP contribution in [0.2, 0.25) is 0 Å². The molecule has 2 unspecified atom stereocenters. The molecule has 2 aliphatic carbocycles. The van der Waals surface area contributed by atoms with E-state index in [-0.39, 0.29) is 18.0 Å². The van der Waals surface area contributed by atoms with Gasteiger partial charge in [-0.05, 0) is 61.6 Å². The summed E-state index contributed by atoms with van der Waals surface area (Å²) in [5.41, 5.74) is 4.91. The average molecular weight is 458 g/mol. The summed E-state index contributed by atoms with van der Waals surface area (Å²) in [6.45, 7) is 3.65. The molecule has 34 heavy (non-hydrogen) atoms. The third kappa shape index (κ3) is 4.11. The highest BCUT2D eigenvalue weighted by Crippen LogP contribution is 2.36. The number of nitrogens with one attached hydrogen (secondary N) is 1. The molecule has 0 amide bonds. The van der Waals surface area contributed by atoms with Crippen molar-refractivity contribution < 1.29 is 9.21 Å². The zero-order valence-electron chi connectivity index (χ0n) is 19.9. The van der Waals surface area contributed by atoms with E-state index in [1.807, 2.05) is 6.07 Å². The fourth-order valence-corrected chi connectivity index (χ4v) is 6.43. The molecule has 0 spiro atoms. The first kappa shape index (κ1) is 21.7. The summed E-state index contributed by atoms with van der Waals surface area (Å²) < 4.78 is 5.84. The zero-order valence-corrected chi connectivity index (χ0v) is 19.9. The van der Waals surface area contributed by atoms with E-state index in [1.54, 1.807) is 6.26 Å². The Hall–Kier alpha value is -2.79. The van der Waals surface area contributed by atoms with Crippen LogP contribution in [0.5, 0.6) is 0 Å². The predicted octanol–water partition coefficient (Wildman–Crippen LogP) is 5.45. The van der Waals surface area contributed by atoms with Crippen molar-refractivity contribution in [2.24, 2.45) is 5.92 Å². The lowest BCUT2D eigenvalue weighted by Crippen LogP contribution is -2.60. The van der Waals surface area contributed by atoms with Gasteiger partial charge in [0.1, 0.15) is 0 Å². The summed E-state index contributed by atoms with van der Waals surface area (Å²) in [4.78, 5) is 18.9. The zero-order chi connectivity index (χ0) is 22.9. The number of nitrogens with zero attached hydrogens (tertiary/aromatic N) is 2. The largest absolute Gasteiger partial charge is 0.462 e. The van der Waals surface area contributed by atoms with Gasteiger partial charge < -0.3 is 14.6 Å². The Morgan fingerprint density at radius 2 is 1.74 bits per heavy atom. The number of hydrogen-bond donors (Lipinski definition) is 1. The number of fused-ring (bicyclic) bond motifs is 2. The van der Waals surface area contributed by atoms with Crippen LogP contribution in [0.3, 0.4) is 0 Å². The summed E-state index contributed by atoms with van der Waals surface area (Å²) in [6.07, 6.45) is 9.64. The molecule has 3 aliphatic heterocycles. The normalized spacial score (nSPS) is 22.8. The minimum absolute atomic E-state index is 0.0419. The average Bonchev–Trinajstić information content (AvgIpc) is 3.34. The summed E-state index contributed by atoms with van der Waals surface area (Å²) in [6, 6.07) is 17.1. The summed E-state index contributed by atoms with van der Waals surface area (Å²) in [7, 11) is 0. The van der Waals surface area contributed by atoms with Gasteiger partial charge >= 0.3 is 0 Å². The number of rotatable bonds is 5. The fraction of sp³-hybridized carbons (Fsp3) is 0.483. The lowest BCUT2D eigenvalue weighted by atomic mass is 9.80. The van der Waals surface area contributed by atoms with Crippen LogP contribution in [0.15, 0.2) is 59.2 Å². The van der Waals surface area contributed by atoms with Crippen molar-refractivity contribution in [2.75, 3.05) is 36.4 Å². The van der Waals surface area contributed by atoms with Crippen LogP contribution in [0, 0.1) is 5.92 Å². The van der Waals surface area contributed by atoms with Gasteiger partial charge in [-0.3, -0.25) is 9.69 Å². The van der Waals surface area contributed by atoms with Gasteiger partial charge in [-0.2, -0.15) is 0 Å². The minimum Gasteiger partial charge on any atom is -0.462 e. The van der Waals surface area contributed by atoms with Gasteiger partial charge in [0, 0.05) is 49.4 Å². The number of ketones is 1. The monoisotopic (exact) mass is 457 g/mol. The molecule has 1 N–H and O–H groups in total. The quantitative estimate of drug-likeness (QED) is 0.552. The number of hydrogen-bond acceptors (Lipinski definition) is 5. The van der Waals surface area contributed by atoms with Crippen molar-refractivity contribution in [3.63, 3.8) is 0 Å². The maximum Gasteiger partial charge on any atom is 0.157 e. The third-order valence-electron chi connectivity index (χ3n) is 8.27. The molecule has 5 heteroatoms. The molecule has 0 aromatic heterocycles. The maximum absolute atomic E-state index is 14.0. The van der Waals surface area contributed by atoms with Crippen molar-refractivity contribution in [1.29, 1.82) is 0 Å². The van der Waals surface area contributed by atoms with Crippen LogP contribution in [0.25, 0.3) is 11.3 Å². The van der Waals surface area contributed by atoms with Gasteiger partial charge in [0.2, 0.25) is 0 Å². The molecule has 1 saturated carbocycles. The summed E-state index contributed by atoms with van der Waals surface area (Å²) >= 11 is 0. The molecule has 3 heterocycles. The maximum atomic E-state index is 14.0. The lowest BCUT2D eigenvalue weighted by Gasteiger charge is -2.44. The predicted molar refractivity (Wildman–Crippen MR) is 137 cm³/mol. The van der Waals surface area contributed by atoms with Gasteiger partial charge in [-0.15, -0.1) is 0 Å². The second-order valence-corrected chi connectivity index (χ2v) is 10.3. The van der Waals surface area contributed by atoms with Crippen molar-refractivity contribution in [2.45, 2.75) is 57.0 Å². The molecule has 1 saturated heterocycles. The van der Waals surface area contributed by atoms with E-state index in [2.05, 4.69) is 57.6 Å². The number of carbonyl (C=O) groups is 1. The van der Waals surface area contributed by atoms with Crippen LogP contribution < -0.4 is 10.2 Å². The lowest BCUT2D eigenvalue weighted by molar-refractivity contribution is -0.130. The molecular weight excluding hydrogens is 422 g/mol. The number of Topliss-reactive ketones (excluding diaryl/α,β-unsaturated/α-hetero) is 1. The van der Waals surface area contributed by atoms with Crippen molar-refractivity contribution in [3.05, 3.63) is 60.4 Å². The number of piperazine rings is 1. The van der Waals surface area contributed by atoms with Gasteiger partial charge in [0.15, 0.2) is 11.5 Å². The highest BCUT2D eigenvalue weighted by molar-refractivity contribution is 5.88. The molecule has 1 aromatic rings. The highest BCUT2D eigenvalue weighted by Gasteiger charge is 2.40. The first-order chi connectivity index (χ1) is 16.8. The fourth-order valence-electron chi connectivity index (χ4n) is 6.43. The van der Waals surface area contributed by atoms with E-state index in [9.17, 15) is 4.79 Å². The Morgan fingerprint density at radius 3 is 2.59 bits per heavy atom. The van der Waals surface area contributed by atoms with Gasteiger partial charge in [0.05, 0.1) is 18.0 Å². The van der Waals surface area contributed by atoms with Gasteiger partial charge in [-0.25, -0.2) is 0 Å². The molecule has 2 atom stereocenters. The molecule has 5 aliphatic rings. The number of benzene rings is 1. The number of aryl methyl sites for hydroxylation is 1. The number of anilines is 2. The van der Waals surface area contributed by atoms with E-state index in [0.29, 0.717) is 5.78 Å². The first-order valence-electron chi connectivity index (χ1n) is 13.1. The molecule has 178 valence electrons. The molecule has 5 nitrogen and oxygen atoms in total. The van der Waals surface area contributed by atoms with E-state index < -0.39 is 0 Å². The molecule has 2 fully saturated rings. The topological polar surface area (TPSA) is 48.7 Å². The van der Waals surface area contributed by atoms with Gasteiger partial charge in [-0.1, -0.05) is 37.5 Å². The highest BCUT2D eigenvalue weighted by atomic mass is 16.3. The smallest absolute Gasteiger partial charge is 0.157 e. The molecule has 6 rings (SSSR count). The Balaban J connectivity index is 1.21. The summed E-state index contributed by atoms with van der Waals surface area (Å²) in [5, 5.41) is 3.79. The van der Waals surface area contributed by atoms with Crippen LogP contribution in [0.4, 0.5) is 11.4 Å². The second kappa shape index (κ2) is 9.46. The standard InChI is InChI=1S/C29H35N3O2/c33-28(22-8-2-1-3-9-22)27(25-14-12-21-7-4-5-11-24(21)30-25)32-18-16-31(17-19-32)26-15-13-23-10-6-20-34-29(23)26/h4-7,10-11,13,15,20,22,25,27,30H,1-3,8-9,12,14,16-19H2. The van der Waals surface area contributed by atoms with Gasteiger partial charge in [0.25, 0.3) is 0 Å². The molecule has 1 aromatic carbocycles. The second-order valence-electron chi connectivity index (χ2n) is 10.3. The van der Waals surface area contributed by atoms with E-state index in [4.69, 9.17) is 4.42 Å². The number of carbonyl (C=O) groups excluding carboxylic acids is 1. The molecule has 0 radical (unpaired) electrons. The third-order valence-corrected chi connectivity index (χ3v) is 8.27. The van der Waals surface area contributed by atoms with E-state index in [0.717, 1.165) is 63.2 Å². The van der Waals surface area contributed by atoms with E-state index in [1.165, 1.54) is 36.2 Å². The number of para-hydroxylation sites is 1. The molecular formula is C29H35N3O2. The Bertz CT molecular complexity index is 1090. The van der Waals surface area contributed by atoms with Crippen LogP contribution in [-0.4, -0.2) is 48.9 Å². The Morgan fingerprint density at radius 1 is 0.912 bits per heavy atom. The van der Waals surface area contributed by atoms with Crippen molar-refractivity contribution in [1.82, 2.24) is 4.90 Å². The molecule has 0 bridgehead atoms. The minimum atomic E-state index is -0.0419. The Kier molecular flexibility index (Phi) is 6.04. The SMILES string of the molecule is O=C(C1CCCCC1)C(C1CCc2ccccc2N1)N1CCN(c2ccc3cccoc2-3)CC1. The van der Waals surface area contributed by atoms with Crippen LogP contribution >= 0.6 is 0 Å². The van der Waals surface area contributed by atoms with Crippen molar-refractivity contribution >= 4 is 17.2 Å². The van der Waals surface area contributed by atoms with Crippen LogP contribution in [0.1, 0.15) is 44.1 Å². The Labute approximate surface area is 202 Å². The van der Waals surface area contributed by atoms with Crippen molar-refractivity contribution in [3.8, 4) is 11.3 Å². The van der Waals surface area contributed by atoms with E-state index >= 15 is 0 Å².